The largest absolute Gasteiger partial charge is 0.392 e. The normalized spacial score (nSPS) is 26.3. The summed E-state index contributed by atoms with van der Waals surface area (Å²) in [5.74, 6) is 2.95. The van der Waals surface area contributed by atoms with Crippen LogP contribution in [0, 0.1) is 17.8 Å². The second kappa shape index (κ2) is 7.50. The summed E-state index contributed by atoms with van der Waals surface area (Å²) in [7, 11) is 0. The van der Waals surface area contributed by atoms with Gasteiger partial charge in [0.25, 0.3) is 0 Å². The molecule has 2 aromatic rings. The molecular formula is C21H30N4O2. The maximum Gasteiger partial charge on any atom is 0.240 e. The number of benzene rings is 1. The molecule has 1 amide bonds. The van der Waals surface area contributed by atoms with E-state index in [1.165, 1.54) is 25.7 Å². The van der Waals surface area contributed by atoms with Gasteiger partial charge in [0, 0.05) is 12.6 Å². The summed E-state index contributed by atoms with van der Waals surface area (Å²) in [6.07, 6.45) is 4.84. The lowest BCUT2D eigenvalue weighted by Gasteiger charge is -2.28. The minimum atomic E-state index is -0.482. The molecule has 2 fully saturated rings. The SMILES string of the molecule is C[C@H](O)CNc1nc2ccccc2n1CC(=O)N[C@@H](C)[C@@H]1C[C@H]2CC[C@H]1C2. The highest BCUT2D eigenvalue weighted by molar-refractivity contribution is 5.83. The molecule has 146 valence electrons. The summed E-state index contributed by atoms with van der Waals surface area (Å²) in [6, 6.07) is 8.03. The van der Waals surface area contributed by atoms with Crippen LogP contribution in [0.5, 0.6) is 0 Å². The number of amides is 1. The van der Waals surface area contributed by atoms with Crippen LogP contribution in [-0.2, 0) is 11.3 Å². The smallest absolute Gasteiger partial charge is 0.240 e. The van der Waals surface area contributed by atoms with Crippen molar-refractivity contribution in [1.29, 1.82) is 0 Å². The summed E-state index contributed by atoms with van der Waals surface area (Å²) < 4.78 is 1.90. The van der Waals surface area contributed by atoms with Crippen LogP contribution >= 0.6 is 0 Å². The van der Waals surface area contributed by atoms with Crippen molar-refractivity contribution in [3.8, 4) is 0 Å². The first-order valence-corrected chi connectivity index (χ1v) is 10.2. The summed E-state index contributed by atoms with van der Waals surface area (Å²) >= 11 is 0. The number of rotatable bonds is 7. The molecule has 0 spiro atoms. The highest BCUT2D eigenvalue weighted by Gasteiger charge is 2.42. The number of para-hydroxylation sites is 2. The number of carbonyl (C=O) groups excluding carboxylic acids is 1. The van der Waals surface area contributed by atoms with E-state index in [9.17, 15) is 9.90 Å². The number of hydrogen-bond donors (Lipinski definition) is 3. The van der Waals surface area contributed by atoms with E-state index in [0.29, 0.717) is 18.4 Å². The quantitative estimate of drug-likeness (QED) is 0.700. The molecule has 0 saturated heterocycles. The molecule has 1 aromatic heterocycles. The first-order valence-electron chi connectivity index (χ1n) is 10.2. The lowest BCUT2D eigenvalue weighted by molar-refractivity contribution is -0.122. The number of aliphatic hydroxyl groups excluding tert-OH is 1. The Bertz CT molecular complexity index is 816. The van der Waals surface area contributed by atoms with Crippen LogP contribution in [0.3, 0.4) is 0 Å². The average molecular weight is 370 g/mol. The van der Waals surface area contributed by atoms with E-state index >= 15 is 0 Å². The first-order chi connectivity index (χ1) is 13.0. The van der Waals surface area contributed by atoms with Gasteiger partial charge in [-0.25, -0.2) is 4.98 Å². The maximum absolute atomic E-state index is 12.8. The summed E-state index contributed by atoms with van der Waals surface area (Å²) in [5.41, 5.74) is 1.77. The number of hydrogen-bond acceptors (Lipinski definition) is 4. The fourth-order valence-electron chi connectivity index (χ4n) is 5.07. The van der Waals surface area contributed by atoms with Crippen LogP contribution in [0.4, 0.5) is 5.95 Å². The second-order valence-corrected chi connectivity index (χ2v) is 8.44. The minimum absolute atomic E-state index is 0.0218. The molecule has 2 saturated carbocycles. The van der Waals surface area contributed by atoms with Gasteiger partial charge in [0.2, 0.25) is 11.9 Å². The monoisotopic (exact) mass is 370 g/mol. The van der Waals surface area contributed by atoms with Crippen LogP contribution < -0.4 is 10.6 Å². The number of anilines is 1. The Morgan fingerprint density at radius 2 is 2.11 bits per heavy atom. The predicted molar refractivity (Wildman–Crippen MR) is 106 cm³/mol. The van der Waals surface area contributed by atoms with E-state index in [1.807, 2.05) is 28.8 Å². The second-order valence-electron chi connectivity index (χ2n) is 8.44. The third-order valence-corrected chi connectivity index (χ3v) is 6.34. The highest BCUT2D eigenvalue weighted by atomic mass is 16.3. The molecule has 0 aliphatic heterocycles. The molecule has 3 N–H and O–H groups in total. The molecule has 0 unspecified atom stereocenters. The van der Waals surface area contributed by atoms with Crippen LogP contribution in [-0.4, -0.2) is 39.3 Å². The zero-order valence-electron chi connectivity index (χ0n) is 16.2. The van der Waals surface area contributed by atoms with Gasteiger partial charge in [-0.1, -0.05) is 18.6 Å². The Hall–Kier alpha value is -2.08. The van der Waals surface area contributed by atoms with Gasteiger partial charge in [-0.2, -0.15) is 0 Å². The maximum atomic E-state index is 12.8. The molecule has 27 heavy (non-hydrogen) atoms. The van der Waals surface area contributed by atoms with E-state index in [0.717, 1.165) is 22.9 Å². The Kier molecular flexibility index (Phi) is 5.08. The number of nitrogens with one attached hydrogen (secondary N) is 2. The number of imidazole rings is 1. The van der Waals surface area contributed by atoms with Crippen molar-refractivity contribution >= 4 is 22.9 Å². The number of nitrogens with zero attached hydrogens (tertiary/aromatic N) is 2. The van der Waals surface area contributed by atoms with E-state index in [2.05, 4.69) is 22.5 Å². The molecule has 6 nitrogen and oxygen atoms in total. The molecule has 0 radical (unpaired) electrons. The zero-order valence-corrected chi connectivity index (χ0v) is 16.2. The van der Waals surface area contributed by atoms with Crippen molar-refractivity contribution in [2.45, 2.75) is 58.2 Å². The highest BCUT2D eigenvalue weighted by Crippen LogP contribution is 2.49. The molecule has 1 aromatic carbocycles. The fraction of sp³-hybridized carbons (Fsp3) is 0.619. The Labute approximate surface area is 160 Å². The molecule has 6 heteroatoms. The molecule has 4 rings (SSSR count). The summed E-state index contributed by atoms with van der Waals surface area (Å²) in [4.78, 5) is 17.4. The van der Waals surface area contributed by atoms with Gasteiger partial charge in [-0.05, 0) is 63.0 Å². The lowest BCUT2D eigenvalue weighted by atomic mass is 9.84. The Morgan fingerprint density at radius 3 is 2.81 bits per heavy atom. The first kappa shape index (κ1) is 18.3. The molecule has 2 bridgehead atoms. The van der Waals surface area contributed by atoms with Gasteiger partial charge in [0.15, 0.2) is 0 Å². The number of aromatic nitrogens is 2. The zero-order chi connectivity index (χ0) is 19.0. The molecule has 2 aliphatic rings. The number of aliphatic hydroxyl groups is 1. The van der Waals surface area contributed by atoms with Crippen molar-refractivity contribution < 1.29 is 9.90 Å². The molecule has 2 aliphatic carbocycles. The van der Waals surface area contributed by atoms with Gasteiger partial charge >= 0.3 is 0 Å². The average Bonchev–Trinajstić information content (AvgIpc) is 3.34. The number of carbonyl (C=O) groups is 1. The molecule has 5 atom stereocenters. The van der Waals surface area contributed by atoms with Crippen molar-refractivity contribution in [2.75, 3.05) is 11.9 Å². The Balaban J connectivity index is 1.46. The van der Waals surface area contributed by atoms with Gasteiger partial charge in [-0.15, -0.1) is 0 Å². The van der Waals surface area contributed by atoms with Crippen LogP contribution in [0.2, 0.25) is 0 Å². The van der Waals surface area contributed by atoms with E-state index in [4.69, 9.17) is 0 Å². The molecule has 1 heterocycles. The fourth-order valence-corrected chi connectivity index (χ4v) is 5.07. The van der Waals surface area contributed by atoms with E-state index in [1.54, 1.807) is 6.92 Å². The van der Waals surface area contributed by atoms with Gasteiger partial charge in [0.1, 0.15) is 6.54 Å². The van der Waals surface area contributed by atoms with Crippen LogP contribution in [0.1, 0.15) is 39.5 Å². The number of fused-ring (bicyclic) bond motifs is 3. The van der Waals surface area contributed by atoms with Crippen LogP contribution in [0.15, 0.2) is 24.3 Å². The standard InChI is InChI=1S/C21H30N4O2/c1-13(26)11-22-21-24-18-5-3-4-6-19(18)25(21)12-20(27)23-14(2)17-10-15-7-8-16(17)9-15/h3-6,13-17,26H,7-12H2,1-2H3,(H,22,24)(H,23,27)/t13-,14-,15-,16-,17-/m0/s1. The van der Waals surface area contributed by atoms with Gasteiger partial charge < -0.3 is 20.3 Å². The third-order valence-electron chi connectivity index (χ3n) is 6.34. The Morgan fingerprint density at radius 1 is 1.30 bits per heavy atom. The molecular weight excluding hydrogens is 340 g/mol. The van der Waals surface area contributed by atoms with Crippen molar-refractivity contribution in [3.63, 3.8) is 0 Å². The van der Waals surface area contributed by atoms with Crippen molar-refractivity contribution in [2.24, 2.45) is 17.8 Å². The summed E-state index contributed by atoms with van der Waals surface area (Å²) in [6.45, 7) is 4.51. The lowest BCUT2D eigenvalue weighted by Crippen LogP contribution is -2.41. The van der Waals surface area contributed by atoms with Crippen molar-refractivity contribution in [3.05, 3.63) is 24.3 Å². The van der Waals surface area contributed by atoms with E-state index in [-0.39, 0.29) is 18.5 Å². The minimum Gasteiger partial charge on any atom is -0.392 e. The van der Waals surface area contributed by atoms with Crippen molar-refractivity contribution in [1.82, 2.24) is 14.9 Å². The van der Waals surface area contributed by atoms with Gasteiger partial charge in [0.05, 0.1) is 17.1 Å². The third kappa shape index (κ3) is 3.81. The summed E-state index contributed by atoms with van der Waals surface area (Å²) in [5, 5.41) is 16.0. The van der Waals surface area contributed by atoms with Gasteiger partial charge in [-0.3, -0.25) is 4.79 Å². The predicted octanol–water partition coefficient (Wildman–Crippen LogP) is 2.77. The van der Waals surface area contributed by atoms with Crippen LogP contribution in [0.25, 0.3) is 11.0 Å². The topological polar surface area (TPSA) is 79.2 Å². The van der Waals surface area contributed by atoms with E-state index < -0.39 is 6.10 Å².